The fraction of sp³-hybridized carbons (Fsp3) is 1.00. The Morgan fingerprint density at radius 3 is 2.35 bits per heavy atom. The van der Waals surface area contributed by atoms with E-state index in [0.29, 0.717) is 0 Å². The number of hydrogen-bond donors (Lipinski definition) is 2. The van der Waals surface area contributed by atoms with E-state index in [-0.39, 0.29) is 12.1 Å². The van der Waals surface area contributed by atoms with Gasteiger partial charge in [0, 0.05) is 5.54 Å². The molecule has 1 fully saturated rings. The van der Waals surface area contributed by atoms with Gasteiger partial charge in [0.25, 0.3) is 0 Å². The Bertz CT molecular complexity index is 243. The van der Waals surface area contributed by atoms with Crippen molar-refractivity contribution in [3.05, 3.63) is 0 Å². The summed E-state index contributed by atoms with van der Waals surface area (Å²) in [5.74, 6) is 1.77. The summed E-state index contributed by atoms with van der Waals surface area (Å²) in [7, 11) is 0. The first-order chi connectivity index (χ1) is 9.56. The Morgan fingerprint density at radius 1 is 1.25 bits per heavy atom. The van der Waals surface area contributed by atoms with Gasteiger partial charge in [-0.15, -0.1) is 0 Å². The van der Waals surface area contributed by atoms with E-state index >= 15 is 0 Å². The Balaban J connectivity index is 2.27. The van der Waals surface area contributed by atoms with E-state index in [1.165, 1.54) is 38.9 Å². The quantitative estimate of drug-likeness (QED) is 0.683. The van der Waals surface area contributed by atoms with E-state index in [1.807, 2.05) is 0 Å². The average Bonchev–Trinajstić information content (AvgIpc) is 2.47. The topological polar surface area (TPSA) is 35.5 Å². The van der Waals surface area contributed by atoms with E-state index in [9.17, 15) is 5.11 Å². The van der Waals surface area contributed by atoms with Gasteiger partial charge >= 0.3 is 0 Å². The van der Waals surface area contributed by atoms with Gasteiger partial charge in [0.1, 0.15) is 0 Å². The smallest absolute Gasteiger partial charge is 0.0613 e. The SMILES string of the molecule is CCNC(CC)(CO)CCCN1CCC(C(C)C)CC1. The summed E-state index contributed by atoms with van der Waals surface area (Å²) in [6, 6.07) is 0. The van der Waals surface area contributed by atoms with Crippen LogP contribution in [0.2, 0.25) is 0 Å². The van der Waals surface area contributed by atoms with Crippen molar-refractivity contribution >= 4 is 0 Å². The molecule has 3 heteroatoms. The van der Waals surface area contributed by atoms with Crippen LogP contribution < -0.4 is 5.32 Å². The molecule has 0 aromatic carbocycles. The highest BCUT2D eigenvalue weighted by Gasteiger charge is 2.26. The van der Waals surface area contributed by atoms with Gasteiger partial charge in [-0.2, -0.15) is 0 Å². The van der Waals surface area contributed by atoms with Crippen molar-refractivity contribution in [3.63, 3.8) is 0 Å². The van der Waals surface area contributed by atoms with Crippen LogP contribution in [0.5, 0.6) is 0 Å². The monoisotopic (exact) mass is 284 g/mol. The molecule has 1 heterocycles. The summed E-state index contributed by atoms with van der Waals surface area (Å²) < 4.78 is 0. The predicted molar refractivity (Wildman–Crippen MR) is 87.0 cm³/mol. The molecule has 3 nitrogen and oxygen atoms in total. The summed E-state index contributed by atoms with van der Waals surface area (Å²) in [6.07, 6.45) is 6.01. The summed E-state index contributed by atoms with van der Waals surface area (Å²) in [4.78, 5) is 2.61. The molecule has 1 atom stereocenters. The van der Waals surface area contributed by atoms with Crippen LogP contribution in [-0.2, 0) is 0 Å². The fourth-order valence-corrected chi connectivity index (χ4v) is 3.50. The second kappa shape index (κ2) is 9.01. The van der Waals surface area contributed by atoms with E-state index in [0.717, 1.165) is 31.2 Å². The molecule has 1 aliphatic rings. The average molecular weight is 284 g/mol. The zero-order valence-electron chi connectivity index (χ0n) is 14.1. The molecule has 20 heavy (non-hydrogen) atoms. The minimum Gasteiger partial charge on any atom is -0.394 e. The molecule has 0 aliphatic carbocycles. The molecule has 0 saturated carbocycles. The van der Waals surface area contributed by atoms with Gasteiger partial charge in [-0.25, -0.2) is 0 Å². The van der Waals surface area contributed by atoms with E-state index in [4.69, 9.17) is 0 Å². The number of rotatable bonds is 9. The molecular formula is C17H36N2O. The van der Waals surface area contributed by atoms with Crippen molar-refractivity contribution in [3.8, 4) is 0 Å². The lowest BCUT2D eigenvalue weighted by molar-refractivity contribution is 0.126. The van der Waals surface area contributed by atoms with Crippen molar-refractivity contribution < 1.29 is 5.11 Å². The van der Waals surface area contributed by atoms with Crippen LogP contribution in [0.1, 0.15) is 59.8 Å². The van der Waals surface area contributed by atoms with Gasteiger partial charge < -0.3 is 15.3 Å². The molecule has 1 saturated heterocycles. The zero-order chi connectivity index (χ0) is 15.0. The standard InChI is InChI=1S/C17H36N2O/c1-5-17(14-20,18-6-2)10-7-11-19-12-8-16(9-13-19)15(3)4/h15-16,18,20H,5-14H2,1-4H3. The number of piperidine rings is 1. The highest BCUT2D eigenvalue weighted by atomic mass is 16.3. The fourth-order valence-electron chi connectivity index (χ4n) is 3.50. The number of nitrogens with zero attached hydrogens (tertiary/aromatic N) is 1. The number of likely N-dealkylation sites (tertiary alicyclic amines) is 1. The van der Waals surface area contributed by atoms with E-state index < -0.39 is 0 Å². The van der Waals surface area contributed by atoms with Gasteiger partial charge in [-0.3, -0.25) is 0 Å². The number of aliphatic hydroxyl groups excluding tert-OH is 1. The van der Waals surface area contributed by atoms with Gasteiger partial charge in [0.2, 0.25) is 0 Å². The highest BCUT2D eigenvalue weighted by Crippen LogP contribution is 2.25. The third-order valence-electron chi connectivity index (χ3n) is 5.24. The zero-order valence-corrected chi connectivity index (χ0v) is 14.1. The molecule has 0 aromatic heterocycles. The van der Waals surface area contributed by atoms with E-state index in [2.05, 4.69) is 37.9 Å². The number of aliphatic hydroxyl groups is 1. The second-order valence-corrected chi connectivity index (χ2v) is 6.85. The molecule has 0 amide bonds. The summed E-state index contributed by atoms with van der Waals surface area (Å²) >= 11 is 0. The first-order valence-electron chi connectivity index (χ1n) is 8.65. The van der Waals surface area contributed by atoms with Crippen LogP contribution in [0.4, 0.5) is 0 Å². The summed E-state index contributed by atoms with van der Waals surface area (Å²) in [5, 5.41) is 13.2. The first kappa shape index (κ1) is 17.9. The number of likely N-dealkylation sites (N-methyl/N-ethyl adjacent to an activating group) is 1. The summed E-state index contributed by atoms with van der Waals surface area (Å²) in [6.45, 7) is 13.9. The van der Waals surface area contributed by atoms with Gasteiger partial charge in [-0.1, -0.05) is 27.7 Å². The first-order valence-corrected chi connectivity index (χ1v) is 8.65. The second-order valence-electron chi connectivity index (χ2n) is 6.85. The minimum absolute atomic E-state index is 0.0506. The summed E-state index contributed by atoms with van der Waals surface area (Å²) in [5.41, 5.74) is -0.0506. The van der Waals surface area contributed by atoms with Crippen LogP contribution in [0, 0.1) is 11.8 Å². The van der Waals surface area contributed by atoms with Crippen LogP contribution in [0.3, 0.4) is 0 Å². The van der Waals surface area contributed by atoms with Crippen LogP contribution >= 0.6 is 0 Å². The largest absolute Gasteiger partial charge is 0.394 e. The third-order valence-corrected chi connectivity index (χ3v) is 5.24. The van der Waals surface area contributed by atoms with Crippen molar-refractivity contribution in [2.24, 2.45) is 11.8 Å². The van der Waals surface area contributed by atoms with Crippen molar-refractivity contribution in [1.29, 1.82) is 0 Å². The Hall–Kier alpha value is -0.120. The molecule has 0 bridgehead atoms. The molecule has 1 rings (SSSR count). The van der Waals surface area contributed by atoms with Crippen LogP contribution in [0.15, 0.2) is 0 Å². The lowest BCUT2D eigenvalue weighted by Gasteiger charge is -2.36. The Kier molecular flexibility index (Phi) is 8.08. The van der Waals surface area contributed by atoms with Gasteiger partial charge in [-0.05, 0) is 70.1 Å². The maximum absolute atomic E-state index is 9.66. The van der Waals surface area contributed by atoms with Crippen LogP contribution in [0.25, 0.3) is 0 Å². The van der Waals surface area contributed by atoms with Crippen molar-refractivity contribution in [2.45, 2.75) is 65.3 Å². The Morgan fingerprint density at radius 2 is 1.90 bits per heavy atom. The minimum atomic E-state index is -0.0506. The lowest BCUT2D eigenvalue weighted by atomic mass is 9.86. The number of hydrogen-bond acceptors (Lipinski definition) is 3. The van der Waals surface area contributed by atoms with Crippen molar-refractivity contribution in [2.75, 3.05) is 32.8 Å². The molecule has 0 aromatic rings. The maximum atomic E-state index is 9.66. The number of nitrogens with one attached hydrogen (secondary N) is 1. The van der Waals surface area contributed by atoms with Crippen molar-refractivity contribution in [1.82, 2.24) is 10.2 Å². The molecule has 2 N–H and O–H groups in total. The van der Waals surface area contributed by atoms with Gasteiger partial charge in [0.15, 0.2) is 0 Å². The van der Waals surface area contributed by atoms with E-state index in [1.54, 1.807) is 0 Å². The highest BCUT2D eigenvalue weighted by molar-refractivity contribution is 4.86. The third kappa shape index (κ3) is 5.34. The normalized spacial score (nSPS) is 21.3. The molecule has 120 valence electrons. The Labute approximate surface area is 126 Å². The lowest BCUT2D eigenvalue weighted by Crippen LogP contribution is -2.48. The molecule has 0 spiro atoms. The maximum Gasteiger partial charge on any atom is 0.0613 e. The van der Waals surface area contributed by atoms with Crippen LogP contribution in [-0.4, -0.2) is 48.3 Å². The van der Waals surface area contributed by atoms with Gasteiger partial charge in [0.05, 0.1) is 6.61 Å². The molecular weight excluding hydrogens is 248 g/mol. The molecule has 0 radical (unpaired) electrons. The molecule has 1 unspecified atom stereocenters. The molecule has 1 aliphatic heterocycles. The predicted octanol–water partition coefficient (Wildman–Crippen LogP) is 2.89.